The van der Waals surface area contributed by atoms with E-state index >= 15 is 0 Å². The number of aryl methyl sites for hydroxylation is 3. The van der Waals surface area contributed by atoms with Gasteiger partial charge in [0.15, 0.2) is 0 Å². The lowest BCUT2D eigenvalue weighted by atomic mass is 10.1. The Kier molecular flexibility index (Phi) is 3.52. The number of hydrogen-bond acceptors (Lipinski definition) is 4. The first-order chi connectivity index (χ1) is 10.5. The summed E-state index contributed by atoms with van der Waals surface area (Å²) >= 11 is 0. The molecule has 0 radical (unpaired) electrons. The maximum absolute atomic E-state index is 13.7. The van der Waals surface area contributed by atoms with Crippen LogP contribution in [0, 0.1) is 26.6 Å². The zero-order chi connectivity index (χ0) is 15.9. The zero-order valence-corrected chi connectivity index (χ0v) is 13.0. The van der Waals surface area contributed by atoms with E-state index in [1.807, 2.05) is 31.5 Å². The lowest BCUT2D eigenvalue weighted by molar-refractivity contribution is 0.334. The molecule has 0 spiro atoms. The van der Waals surface area contributed by atoms with Crippen molar-refractivity contribution in [3.8, 4) is 11.4 Å². The highest BCUT2D eigenvalue weighted by molar-refractivity contribution is 5.55. The monoisotopic (exact) mass is 300 g/mol. The number of rotatable bonds is 3. The Morgan fingerprint density at radius 3 is 2.59 bits per heavy atom. The molecule has 2 aromatic heterocycles. The maximum Gasteiger partial charge on any atom is 0.251 e. The summed E-state index contributed by atoms with van der Waals surface area (Å²) in [5.41, 5.74) is 3.14. The Hall–Kier alpha value is -2.50. The molecule has 22 heavy (non-hydrogen) atoms. The molecule has 3 rings (SSSR count). The molecule has 0 N–H and O–H groups in total. The summed E-state index contributed by atoms with van der Waals surface area (Å²) in [7, 11) is 0. The molecule has 1 atom stereocenters. The molecule has 0 aliphatic rings. The van der Waals surface area contributed by atoms with E-state index in [0.717, 1.165) is 11.4 Å². The highest BCUT2D eigenvalue weighted by atomic mass is 19.1. The van der Waals surface area contributed by atoms with Gasteiger partial charge in [-0.05, 0) is 45.4 Å². The van der Waals surface area contributed by atoms with Crippen molar-refractivity contribution >= 4 is 0 Å². The summed E-state index contributed by atoms with van der Waals surface area (Å²) in [5.74, 6) is 0.542. The highest BCUT2D eigenvalue weighted by Gasteiger charge is 2.19. The smallest absolute Gasteiger partial charge is 0.251 e. The molecule has 3 aromatic rings. The fourth-order valence-electron chi connectivity index (χ4n) is 2.40. The maximum atomic E-state index is 13.7. The molecule has 0 amide bonds. The van der Waals surface area contributed by atoms with Gasteiger partial charge in [0, 0.05) is 11.3 Å². The Bertz CT molecular complexity index is 821. The second kappa shape index (κ2) is 5.36. The van der Waals surface area contributed by atoms with Crippen LogP contribution in [0.4, 0.5) is 4.39 Å². The number of hydrogen-bond donors (Lipinski definition) is 0. The van der Waals surface area contributed by atoms with Crippen LogP contribution in [0.5, 0.6) is 0 Å². The summed E-state index contributed by atoms with van der Waals surface area (Å²) in [6.45, 7) is 7.56. The van der Waals surface area contributed by atoms with Gasteiger partial charge < -0.3 is 4.52 Å². The molecule has 1 aromatic carbocycles. The van der Waals surface area contributed by atoms with E-state index in [2.05, 4.69) is 15.2 Å². The molecule has 0 aliphatic carbocycles. The third-order valence-electron chi connectivity index (χ3n) is 3.64. The Morgan fingerprint density at radius 2 is 1.95 bits per heavy atom. The van der Waals surface area contributed by atoms with E-state index in [1.54, 1.807) is 19.1 Å². The van der Waals surface area contributed by atoms with Gasteiger partial charge >= 0.3 is 0 Å². The molecule has 0 bridgehead atoms. The molecular formula is C16H17FN4O. The van der Waals surface area contributed by atoms with Gasteiger partial charge in [-0.3, -0.25) is 4.68 Å². The first kappa shape index (κ1) is 14.4. The van der Waals surface area contributed by atoms with Crippen LogP contribution >= 0.6 is 0 Å². The summed E-state index contributed by atoms with van der Waals surface area (Å²) in [5, 5.41) is 8.37. The van der Waals surface area contributed by atoms with Gasteiger partial charge in [-0.1, -0.05) is 17.3 Å². The lowest BCUT2D eigenvalue weighted by Gasteiger charge is -2.09. The minimum absolute atomic E-state index is 0.176. The number of nitrogens with zero attached hydrogens (tertiary/aromatic N) is 4. The van der Waals surface area contributed by atoms with Gasteiger partial charge in [-0.15, -0.1) is 0 Å². The molecule has 5 nitrogen and oxygen atoms in total. The van der Waals surface area contributed by atoms with Crippen molar-refractivity contribution in [3.63, 3.8) is 0 Å². The van der Waals surface area contributed by atoms with Crippen LogP contribution < -0.4 is 0 Å². The van der Waals surface area contributed by atoms with Crippen LogP contribution in [0.15, 0.2) is 28.8 Å². The van der Waals surface area contributed by atoms with Gasteiger partial charge in [0.05, 0.1) is 5.69 Å². The third kappa shape index (κ3) is 2.52. The Balaban J connectivity index is 1.93. The van der Waals surface area contributed by atoms with Crippen LogP contribution in [-0.2, 0) is 0 Å². The molecule has 0 saturated heterocycles. The first-order valence-corrected chi connectivity index (χ1v) is 7.08. The van der Waals surface area contributed by atoms with E-state index in [4.69, 9.17) is 4.52 Å². The van der Waals surface area contributed by atoms with Crippen molar-refractivity contribution in [2.24, 2.45) is 0 Å². The standard InChI is InChI=1S/C16H17FN4O/c1-9-5-6-13(8-14(9)17)15-18-16(22-20-15)12(4)21-11(3)7-10(2)19-21/h5-8,12H,1-4H3. The van der Waals surface area contributed by atoms with Crippen LogP contribution in [-0.4, -0.2) is 19.9 Å². The minimum atomic E-state index is -0.282. The SMILES string of the molecule is Cc1cc(C)n(C(C)c2nc(-c3ccc(C)c(F)c3)no2)n1. The summed E-state index contributed by atoms with van der Waals surface area (Å²) in [6.07, 6.45) is 0. The van der Waals surface area contributed by atoms with Gasteiger partial charge in [0.25, 0.3) is 5.89 Å². The van der Waals surface area contributed by atoms with E-state index in [-0.39, 0.29) is 11.9 Å². The zero-order valence-electron chi connectivity index (χ0n) is 13.0. The predicted octanol–water partition coefficient (Wildman–Crippen LogP) is 3.61. The normalized spacial score (nSPS) is 12.6. The fraction of sp³-hybridized carbons (Fsp3) is 0.312. The largest absolute Gasteiger partial charge is 0.337 e. The quantitative estimate of drug-likeness (QED) is 0.741. The molecule has 0 saturated carbocycles. The highest BCUT2D eigenvalue weighted by Crippen LogP contribution is 2.23. The summed E-state index contributed by atoms with van der Waals surface area (Å²) < 4.78 is 20.8. The molecule has 0 aliphatic heterocycles. The predicted molar refractivity (Wildman–Crippen MR) is 79.9 cm³/mol. The van der Waals surface area contributed by atoms with Crippen LogP contribution in [0.2, 0.25) is 0 Å². The van der Waals surface area contributed by atoms with Gasteiger partial charge in [-0.2, -0.15) is 10.1 Å². The average molecular weight is 300 g/mol. The van der Waals surface area contributed by atoms with E-state index < -0.39 is 0 Å². The summed E-state index contributed by atoms with van der Waals surface area (Å²) in [4.78, 5) is 4.37. The van der Waals surface area contributed by atoms with Crippen molar-refractivity contribution in [2.45, 2.75) is 33.7 Å². The second-order valence-corrected chi connectivity index (χ2v) is 5.47. The van der Waals surface area contributed by atoms with Crippen molar-refractivity contribution in [3.05, 3.63) is 52.9 Å². The van der Waals surface area contributed by atoms with E-state index in [9.17, 15) is 4.39 Å². The average Bonchev–Trinajstić information content (AvgIpc) is 3.08. The van der Waals surface area contributed by atoms with E-state index in [1.165, 1.54) is 6.07 Å². The molecule has 2 heterocycles. The van der Waals surface area contributed by atoms with Crippen LogP contribution in [0.3, 0.4) is 0 Å². The van der Waals surface area contributed by atoms with Crippen LogP contribution in [0.25, 0.3) is 11.4 Å². The lowest BCUT2D eigenvalue weighted by Crippen LogP contribution is -2.10. The number of halogens is 1. The van der Waals surface area contributed by atoms with Crippen molar-refractivity contribution in [2.75, 3.05) is 0 Å². The van der Waals surface area contributed by atoms with Crippen molar-refractivity contribution < 1.29 is 8.91 Å². The molecule has 6 heteroatoms. The Labute approximate surface area is 127 Å². The third-order valence-corrected chi connectivity index (χ3v) is 3.64. The topological polar surface area (TPSA) is 56.7 Å². The van der Waals surface area contributed by atoms with Crippen molar-refractivity contribution in [1.29, 1.82) is 0 Å². The molecule has 0 fully saturated rings. The van der Waals surface area contributed by atoms with Gasteiger partial charge in [0.1, 0.15) is 11.9 Å². The van der Waals surface area contributed by atoms with E-state index in [0.29, 0.717) is 22.8 Å². The molecule has 1 unspecified atom stereocenters. The van der Waals surface area contributed by atoms with Crippen LogP contribution in [0.1, 0.15) is 35.8 Å². The van der Waals surface area contributed by atoms with Gasteiger partial charge in [-0.25, -0.2) is 4.39 Å². The molecule has 114 valence electrons. The molecular weight excluding hydrogens is 283 g/mol. The minimum Gasteiger partial charge on any atom is -0.337 e. The first-order valence-electron chi connectivity index (χ1n) is 7.08. The summed E-state index contributed by atoms with van der Waals surface area (Å²) in [6, 6.07) is 6.71. The Morgan fingerprint density at radius 1 is 1.18 bits per heavy atom. The number of benzene rings is 1. The fourth-order valence-corrected chi connectivity index (χ4v) is 2.40. The van der Waals surface area contributed by atoms with Gasteiger partial charge in [0.2, 0.25) is 5.82 Å². The number of aromatic nitrogens is 4. The second-order valence-electron chi connectivity index (χ2n) is 5.47. The van der Waals surface area contributed by atoms with Crippen molar-refractivity contribution in [1.82, 2.24) is 19.9 Å².